The molecule has 0 amide bonds. The molecule has 0 bridgehead atoms. The first kappa shape index (κ1) is 13.4. The van der Waals surface area contributed by atoms with Gasteiger partial charge in [-0.05, 0) is 25.1 Å². The molecule has 4 nitrogen and oxygen atoms in total. The summed E-state index contributed by atoms with van der Waals surface area (Å²) in [6.45, 7) is 1.92. The van der Waals surface area contributed by atoms with E-state index in [9.17, 15) is 0 Å². The van der Waals surface area contributed by atoms with E-state index in [1.807, 2.05) is 25.1 Å². The molecule has 0 spiro atoms. The van der Waals surface area contributed by atoms with Gasteiger partial charge in [-0.1, -0.05) is 0 Å². The van der Waals surface area contributed by atoms with Crippen LogP contribution in [-0.4, -0.2) is 19.2 Å². The van der Waals surface area contributed by atoms with Gasteiger partial charge in [-0.25, -0.2) is 4.98 Å². The third kappa shape index (κ3) is 2.69. The van der Waals surface area contributed by atoms with Crippen molar-refractivity contribution < 1.29 is 9.47 Å². The fourth-order valence-corrected chi connectivity index (χ4v) is 2.78. The quantitative estimate of drug-likeness (QED) is 0.859. The van der Waals surface area contributed by atoms with Crippen LogP contribution in [0.25, 0.3) is 10.6 Å². The minimum atomic E-state index is 0.385. The predicted molar refractivity (Wildman–Crippen MR) is 74.7 cm³/mol. The number of ether oxygens (including phenoxy) is 2. The maximum Gasteiger partial charge on any atom is 0.129 e. The van der Waals surface area contributed by atoms with Crippen LogP contribution < -0.4 is 9.47 Å². The molecule has 2 rings (SSSR count). The lowest BCUT2D eigenvalue weighted by Gasteiger charge is -2.08. The summed E-state index contributed by atoms with van der Waals surface area (Å²) in [5.41, 5.74) is 1.78. The number of aryl methyl sites for hydroxylation is 1. The average molecular weight is 274 g/mol. The normalized spacial score (nSPS) is 10.0. The summed E-state index contributed by atoms with van der Waals surface area (Å²) in [5, 5.41) is 9.64. The maximum absolute atomic E-state index is 8.79. The Bertz CT molecular complexity index is 629. The van der Waals surface area contributed by atoms with Crippen molar-refractivity contribution in [1.82, 2.24) is 4.98 Å². The fourth-order valence-electron chi connectivity index (χ4n) is 1.76. The van der Waals surface area contributed by atoms with Crippen molar-refractivity contribution in [2.24, 2.45) is 0 Å². The zero-order valence-electron chi connectivity index (χ0n) is 11.1. The average Bonchev–Trinajstić information content (AvgIpc) is 2.80. The molecule has 0 radical (unpaired) electrons. The standard InChI is InChI=1S/C14H14N2O2S/c1-9-13(6-7-15)19-14(16-9)11-8-10(17-2)4-5-12(11)18-3/h4-5,8H,6H2,1-3H3. The monoisotopic (exact) mass is 274 g/mol. The zero-order chi connectivity index (χ0) is 13.8. The van der Waals surface area contributed by atoms with Crippen LogP contribution in [0.15, 0.2) is 18.2 Å². The van der Waals surface area contributed by atoms with Crippen LogP contribution in [0, 0.1) is 18.3 Å². The summed E-state index contributed by atoms with van der Waals surface area (Å²) in [5.74, 6) is 1.50. The van der Waals surface area contributed by atoms with Gasteiger partial charge in [0, 0.05) is 4.88 Å². The van der Waals surface area contributed by atoms with E-state index >= 15 is 0 Å². The second-order valence-corrected chi connectivity index (χ2v) is 5.01. The van der Waals surface area contributed by atoms with Gasteiger partial charge in [-0.2, -0.15) is 5.26 Å². The Morgan fingerprint density at radius 1 is 1.32 bits per heavy atom. The number of benzene rings is 1. The number of hydrogen-bond donors (Lipinski definition) is 0. The molecule has 1 heterocycles. The minimum absolute atomic E-state index is 0.385. The van der Waals surface area contributed by atoms with Crippen LogP contribution in [0.5, 0.6) is 11.5 Å². The molecule has 19 heavy (non-hydrogen) atoms. The van der Waals surface area contributed by atoms with Gasteiger partial charge < -0.3 is 9.47 Å². The number of aromatic nitrogens is 1. The summed E-state index contributed by atoms with van der Waals surface area (Å²) < 4.78 is 10.6. The van der Waals surface area contributed by atoms with Crippen molar-refractivity contribution >= 4 is 11.3 Å². The summed E-state index contributed by atoms with van der Waals surface area (Å²) in [4.78, 5) is 5.50. The Hall–Kier alpha value is -2.06. The highest BCUT2D eigenvalue weighted by Gasteiger charge is 2.14. The molecule has 1 aromatic heterocycles. The predicted octanol–water partition coefficient (Wildman–Crippen LogP) is 3.20. The Morgan fingerprint density at radius 2 is 2.11 bits per heavy atom. The molecule has 98 valence electrons. The topological polar surface area (TPSA) is 55.1 Å². The van der Waals surface area contributed by atoms with Crippen molar-refractivity contribution in [3.8, 4) is 28.1 Å². The molecule has 1 aromatic carbocycles. The first-order chi connectivity index (χ1) is 9.19. The molecular formula is C14H14N2O2S. The molecule has 0 aliphatic rings. The summed E-state index contributed by atoms with van der Waals surface area (Å²) >= 11 is 1.52. The van der Waals surface area contributed by atoms with Gasteiger partial charge in [0.15, 0.2) is 0 Å². The van der Waals surface area contributed by atoms with E-state index in [1.54, 1.807) is 14.2 Å². The van der Waals surface area contributed by atoms with Crippen molar-refractivity contribution in [1.29, 1.82) is 5.26 Å². The van der Waals surface area contributed by atoms with Crippen molar-refractivity contribution in [3.63, 3.8) is 0 Å². The van der Waals surface area contributed by atoms with Crippen LogP contribution in [0.4, 0.5) is 0 Å². The lowest BCUT2D eigenvalue weighted by Crippen LogP contribution is -1.90. The van der Waals surface area contributed by atoms with Gasteiger partial charge in [-0.3, -0.25) is 0 Å². The number of nitriles is 1. The van der Waals surface area contributed by atoms with Crippen LogP contribution in [0.2, 0.25) is 0 Å². The number of rotatable bonds is 4. The van der Waals surface area contributed by atoms with Crippen molar-refractivity contribution in [2.75, 3.05) is 14.2 Å². The van der Waals surface area contributed by atoms with Gasteiger partial charge in [0.05, 0.1) is 38.0 Å². The van der Waals surface area contributed by atoms with E-state index in [0.29, 0.717) is 6.42 Å². The number of thiazole rings is 1. The maximum atomic E-state index is 8.79. The van der Waals surface area contributed by atoms with Gasteiger partial charge in [0.2, 0.25) is 0 Å². The first-order valence-electron chi connectivity index (χ1n) is 5.75. The molecule has 0 fully saturated rings. The summed E-state index contributed by atoms with van der Waals surface area (Å²) in [7, 11) is 3.25. The highest BCUT2D eigenvalue weighted by Crippen LogP contribution is 2.36. The highest BCUT2D eigenvalue weighted by atomic mass is 32.1. The number of methoxy groups -OCH3 is 2. The Labute approximate surface area is 116 Å². The number of nitrogens with zero attached hydrogens (tertiary/aromatic N) is 2. The molecule has 0 aliphatic heterocycles. The zero-order valence-corrected chi connectivity index (χ0v) is 11.9. The largest absolute Gasteiger partial charge is 0.497 e. The van der Waals surface area contributed by atoms with Gasteiger partial charge >= 0.3 is 0 Å². The van der Waals surface area contributed by atoms with E-state index in [0.717, 1.165) is 32.6 Å². The molecule has 0 N–H and O–H groups in total. The molecule has 0 saturated heterocycles. The van der Waals surface area contributed by atoms with Crippen LogP contribution in [0.3, 0.4) is 0 Å². The van der Waals surface area contributed by atoms with Gasteiger partial charge in [0.25, 0.3) is 0 Å². The summed E-state index contributed by atoms with van der Waals surface area (Å²) in [6.07, 6.45) is 0.385. The van der Waals surface area contributed by atoms with Crippen LogP contribution in [0.1, 0.15) is 10.6 Å². The highest BCUT2D eigenvalue weighted by molar-refractivity contribution is 7.15. The number of hydrogen-bond acceptors (Lipinski definition) is 5. The van der Waals surface area contributed by atoms with Crippen LogP contribution in [-0.2, 0) is 6.42 Å². The van der Waals surface area contributed by atoms with E-state index in [4.69, 9.17) is 14.7 Å². The summed E-state index contributed by atoms with van der Waals surface area (Å²) in [6, 6.07) is 7.75. The van der Waals surface area contributed by atoms with E-state index in [2.05, 4.69) is 11.1 Å². The van der Waals surface area contributed by atoms with E-state index in [-0.39, 0.29) is 0 Å². The Morgan fingerprint density at radius 3 is 2.74 bits per heavy atom. The third-order valence-electron chi connectivity index (χ3n) is 2.77. The molecule has 2 aromatic rings. The Kier molecular flexibility index (Phi) is 4.03. The van der Waals surface area contributed by atoms with Gasteiger partial charge in [0.1, 0.15) is 16.5 Å². The van der Waals surface area contributed by atoms with Crippen LogP contribution >= 0.6 is 11.3 Å². The molecule has 0 saturated carbocycles. The molecule has 0 aliphatic carbocycles. The Balaban J connectivity index is 2.51. The molecule has 0 atom stereocenters. The molecular weight excluding hydrogens is 260 g/mol. The molecule has 5 heteroatoms. The van der Waals surface area contributed by atoms with Gasteiger partial charge in [-0.15, -0.1) is 11.3 Å². The minimum Gasteiger partial charge on any atom is -0.497 e. The second-order valence-electron chi connectivity index (χ2n) is 3.93. The SMILES string of the molecule is COc1ccc(OC)c(-c2nc(C)c(CC#N)s2)c1. The first-order valence-corrected chi connectivity index (χ1v) is 6.57. The smallest absolute Gasteiger partial charge is 0.129 e. The van der Waals surface area contributed by atoms with Crippen molar-refractivity contribution in [3.05, 3.63) is 28.8 Å². The fraction of sp³-hybridized carbons (Fsp3) is 0.286. The molecule has 0 unspecified atom stereocenters. The third-order valence-corrected chi connectivity index (χ3v) is 3.96. The van der Waals surface area contributed by atoms with E-state index < -0.39 is 0 Å². The lowest BCUT2D eigenvalue weighted by molar-refractivity contribution is 0.404. The van der Waals surface area contributed by atoms with E-state index in [1.165, 1.54) is 11.3 Å². The lowest BCUT2D eigenvalue weighted by atomic mass is 10.2. The second kappa shape index (κ2) is 5.72. The van der Waals surface area contributed by atoms with Crippen molar-refractivity contribution in [2.45, 2.75) is 13.3 Å².